The van der Waals surface area contributed by atoms with E-state index >= 15 is 0 Å². The van der Waals surface area contributed by atoms with Gasteiger partial charge in [0, 0.05) is 0 Å². The summed E-state index contributed by atoms with van der Waals surface area (Å²) < 4.78 is 0. The normalized spacial score (nSPS) is 7.91. The average molecular weight is 539 g/mol. The van der Waals surface area contributed by atoms with Gasteiger partial charge in [0.25, 0.3) is 0 Å². The van der Waals surface area contributed by atoms with Crippen molar-refractivity contribution in [3.8, 4) is 0 Å². The molecular formula is C2H6Br3N3O2Pt-3. The standard InChI is InChI=1S/C2H6N2.3BrH.HNO2.Pt/c3-1-2-4;;;;2-1-3;/h3-4H,1-2H2;3*1H;(H,2,3);/q-2;;;;;+3/p-4. The summed E-state index contributed by atoms with van der Waals surface area (Å²) in [5.74, 6) is 0. The van der Waals surface area contributed by atoms with Gasteiger partial charge < -0.3 is 21.6 Å². The summed E-state index contributed by atoms with van der Waals surface area (Å²) in [6, 6.07) is 0. The molecular weight excluding hydrogens is 533 g/mol. The smallest absolute Gasteiger partial charge is 0.171 e. The third kappa shape index (κ3) is 170. The Kier molecular flexibility index (Phi) is 37.4. The van der Waals surface area contributed by atoms with Gasteiger partial charge in [-0.3, -0.25) is 0 Å². The van der Waals surface area contributed by atoms with Gasteiger partial charge in [-0.25, -0.2) is 0 Å². The zero-order valence-corrected chi connectivity index (χ0v) is 12.2. The molecule has 0 fully saturated rings. The molecule has 0 saturated carbocycles. The number of rotatable bonds is 1. The van der Waals surface area contributed by atoms with Crippen molar-refractivity contribution >= 4 is 39.9 Å². The van der Waals surface area contributed by atoms with E-state index in [1.165, 1.54) is 0 Å². The van der Waals surface area contributed by atoms with E-state index in [1.807, 2.05) is 0 Å². The van der Waals surface area contributed by atoms with Crippen LogP contribution < -0.4 is 0 Å². The minimum atomic E-state index is -0.831. The molecule has 0 aliphatic rings. The van der Waals surface area contributed by atoms with Crippen molar-refractivity contribution in [1.82, 2.24) is 0 Å². The molecule has 11 heavy (non-hydrogen) atoms. The Labute approximate surface area is 90.2 Å². The largest absolute Gasteiger partial charge is 0.679 e. The van der Waals surface area contributed by atoms with E-state index in [2.05, 4.69) is 39.9 Å². The van der Waals surface area contributed by atoms with Gasteiger partial charge in [-0.1, -0.05) is 0 Å². The number of hydrogen-bond donors (Lipinski definition) is 0. The van der Waals surface area contributed by atoms with Gasteiger partial charge in [0.15, 0.2) is 0 Å². The second-order valence-electron chi connectivity index (χ2n) is 0.710. The van der Waals surface area contributed by atoms with Crippen LogP contribution in [0, 0.1) is 10.1 Å². The van der Waals surface area contributed by atoms with E-state index in [4.69, 9.17) is 21.6 Å². The SMILES string of the molecule is O=N[O-].[Br][Pt]([Br])[Br].[NH-]CC[NH-]. The Balaban J connectivity index is -0.0000000886. The molecule has 0 heterocycles. The van der Waals surface area contributed by atoms with Gasteiger partial charge in [0.2, 0.25) is 0 Å². The summed E-state index contributed by atoms with van der Waals surface area (Å²) in [4.78, 5) is 8.00. The predicted molar refractivity (Wildman–Crippen MR) is 54.3 cm³/mol. The van der Waals surface area contributed by atoms with Crippen molar-refractivity contribution in [2.75, 3.05) is 13.1 Å². The topological polar surface area (TPSA) is 100 Å². The molecule has 2 N–H and O–H groups in total. The Hall–Kier alpha value is 1.45. The van der Waals surface area contributed by atoms with Crippen molar-refractivity contribution in [2.45, 2.75) is 0 Å². The first-order chi connectivity index (χ1) is 5.06. The first-order valence-corrected chi connectivity index (χ1v) is 16.8. The molecule has 0 bridgehead atoms. The monoisotopic (exact) mass is 536 g/mol. The predicted octanol–water partition coefficient (Wildman–Crippen LogP) is 3.88. The summed E-state index contributed by atoms with van der Waals surface area (Å²) in [7, 11) is 0. The maximum absolute atomic E-state index is 8.00. The number of nitrogens with zero attached hydrogens (tertiary/aromatic N) is 1. The zero-order valence-electron chi connectivity index (χ0n) is 5.13. The molecule has 0 spiro atoms. The molecule has 0 unspecified atom stereocenters. The minimum absolute atomic E-state index is 0.236. The van der Waals surface area contributed by atoms with Gasteiger partial charge in [-0.05, 0) is 0 Å². The quantitative estimate of drug-likeness (QED) is 0.374. The van der Waals surface area contributed by atoms with E-state index in [0.29, 0.717) is 0 Å². The molecule has 0 aliphatic heterocycles. The first kappa shape index (κ1) is 18.3. The van der Waals surface area contributed by atoms with Gasteiger partial charge >= 0.3 is 51.0 Å². The van der Waals surface area contributed by atoms with Crippen LogP contribution in [0.15, 0.2) is 5.34 Å². The molecule has 9 heteroatoms. The third-order valence-corrected chi connectivity index (χ3v) is 0.125. The van der Waals surface area contributed by atoms with Crippen LogP contribution in [0.3, 0.4) is 0 Å². The first-order valence-electron chi connectivity index (χ1n) is 1.93. The summed E-state index contributed by atoms with van der Waals surface area (Å²) >= 11 is 8.95. The Morgan fingerprint density at radius 1 is 1.27 bits per heavy atom. The number of nitrogens with one attached hydrogen (secondary N) is 2. The number of halogens is 3. The summed E-state index contributed by atoms with van der Waals surface area (Å²) in [6.45, 7) is 0.472. The Bertz CT molecular complexity index is 63.8. The van der Waals surface area contributed by atoms with Gasteiger partial charge in [-0.2, -0.15) is 13.1 Å². The molecule has 0 atom stereocenters. The second kappa shape index (κ2) is 22.5. The van der Waals surface area contributed by atoms with Crippen molar-refractivity contribution < 1.29 is 11.1 Å². The molecule has 0 amide bonds. The third-order valence-electron chi connectivity index (χ3n) is 0.125. The fraction of sp³-hybridized carbons (Fsp3) is 1.00. The van der Waals surface area contributed by atoms with Crippen molar-refractivity contribution in [3.63, 3.8) is 0 Å². The summed E-state index contributed by atoms with van der Waals surface area (Å²) in [6.07, 6.45) is 0. The van der Waals surface area contributed by atoms with Crippen LogP contribution in [-0.2, 0) is 11.1 Å². The van der Waals surface area contributed by atoms with Crippen LogP contribution >= 0.6 is 39.9 Å². The van der Waals surface area contributed by atoms with Crippen molar-refractivity contribution in [1.29, 1.82) is 0 Å². The Morgan fingerprint density at radius 3 is 1.36 bits per heavy atom. The van der Waals surface area contributed by atoms with E-state index in [-0.39, 0.29) is 13.1 Å². The molecule has 0 saturated heterocycles. The van der Waals surface area contributed by atoms with E-state index in [0.717, 1.165) is 5.34 Å². The molecule has 0 rings (SSSR count). The maximum atomic E-state index is 8.00. The van der Waals surface area contributed by atoms with E-state index < -0.39 is 11.1 Å². The minimum Gasteiger partial charge on any atom is -0.679 e. The Morgan fingerprint density at radius 2 is 1.36 bits per heavy atom. The van der Waals surface area contributed by atoms with Crippen LogP contribution in [0.4, 0.5) is 0 Å². The van der Waals surface area contributed by atoms with E-state index in [1.54, 1.807) is 0 Å². The molecule has 0 aliphatic carbocycles. The van der Waals surface area contributed by atoms with Crippen LogP contribution in [0.1, 0.15) is 0 Å². The van der Waals surface area contributed by atoms with Crippen LogP contribution in [0.2, 0.25) is 0 Å². The summed E-state index contributed by atoms with van der Waals surface area (Å²) in [5.41, 5.74) is 12.5. The van der Waals surface area contributed by atoms with Crippen LogP contribution in [0.25, 0.3) is 11.5 Å². The molecule has 75 valence electrons. The van der Waals surface area contributed by atoms with Gasteiger partial charge in [0.1, 0.15) is 0 Å². The average Bonchev–Trinajstić information content (AvgIpc) is 1.88. The van der Waals surface area contributed by atoms with Crippen LogP contribution in [-0.4, -0.2) is 13.1 Å². The van der Waals surface area contributed by atoms with Gasteiger partial charge in [0.05, 0.1) is 0 Å². The fourth-order valence-electron chi connectivity index (χ4n) is 0. The molecule has 0 aromatic heterocycles. The molecule has 0 aromatic carbocycles. The maximum Gasteiger partial charge on any atom is -0.171 e. The summed E-state index contributed by atoms with van der Waals surface area (Å²) in [5, 5.41) is 9.00. The van der Waals surface area contributed by atoms with Crippen molar-refractivity contribution in [3.05, 3.63) is 21.6 Å². The fourth-order valence-corrected chi connectivity index (χ4v) is 0. The zero-order chi connectivity index (χ0) is 9.70. The van der Waals surface area contributed by atoms with Crippen LogP contribution in [0.5, 0.6) is 0 Å². The molecule has 0 aromatic rings. The van der Waals surface area contributed by atoms with Crippen molar-refractivity contribution in [2.24, 2.45) is 5.34 Å². The van der Waals surface area contributed by atoms with Gasteiger partial charge in [-0.15, -0.1) is 5.34 Å². The number of hydrogen-bond acceptors (Lipinski definition) is 3. The second-order valence-corrected chi connectivity index (χ2v) is 30.5. The molecule has 5 nitrogen and oxygen atoms in total. The van der Waals surface area contributed by atoms with E-state index in [9.17, 15) is 0 Å². The molecule has 0 radical (unpaired) electrons.